The number of benzene rings is 2. The molecule has 7 nitrogen and oxygen atoms in total. The molecule has 33 heavy (non-hydrogen) atoms. The highest BCUT2D eigenvalue weighted by Crippen LogP contribution is 2.31. The van der Waals surface area contributed by atoms with E-state index in [1.165, 1.54) is 20.3 Å². The van der Waals surface area contributed by atoms with Crippen LogP contribution < -0.4 is 4.74 Å². The molecule has 2 aromatic carbocycles. The fourth-order valence-corrected chi connectivity index (χ4v) is 5.37. The zero-order valence-electron chi connectivity index (χ0n) is 20.3. The first-order valence-electron chi connectivity index (χ1n) is 10.7. The summed E-state index contributed by atoms with van der Waals surface area (Å²) >= 11 is 0. The van der Waals surface area contributed by atoms with Gasteiger partial charge in [-0.25, -0.2) is 13.2 Å². The van der Waals surface area contributed by atoms with Crippen molar-refractivity contribution < 1.29 is 22.7 Å². The van der Waals surface area contributed by atoms with Gasteiger partial charge in [-0.1, -0.05) is 6.07 Å². The van der Waals surface area contributed by atoms with E-state index in [1.807, 2.05) is 45.4 Å². The van der Waals surface area contributed by atoms with Crippen LogP contribution in [0.15, 0.2) is 52.3 Å². The molecule has 0 aliphatic heterocycles. The van der Waals surface area contributed by atoms with E-state index in [-0.39, 0.29) is 15.9 Å². The predicted molar refractivity (Wildman–Crippen MR) is 129 cm³/mol. The van der Waals surface area contributed by atoms with Crippen LogP contribution in [-0.2, 0) is 28.0 Å². The van der Waals surface area contributed by atoms with E-state index >= 15 is 0 Å². The lowest BCUT2D eigenvalue weighted by Gasteiger charge is -2.34. The number of fused-ring (bicyclic) bond motifs is 1. The van der Waals surface area contributed by atoms with Crippen molar-refractivity contribution >= 4 is 26.8 Å². The van der Waals surface area contributed by atoms with E-state index in [0.717, 1.165) is 22.2 Å². The van der Waals surface area contributed by atoms with Gasteiger partial charge >= 0.3 is 6.09 Å². The lowest BCUT2D eigenvalue weighted by atomic mass is 10.0. The highest BCUT2D eigenvalue weighted by molar-refractivity contribution is 7.91. The maximum absolute atomic E-state index is 13.3. The minimum Gasteiger partial charge on any atom is -0.497 e. The van der Waals surface area contributed by atoms with E-state index in [9.17, 15) is 13.2 Å². The van der Waals surface area contributed by atoms with Gasteiger partial charge in [0.15, 0.2) is 0 Å². The van der Waals surface area contributed by atoms with E-state index in [0.29, 0.717) is 18.7 Å². The molecule has 0 fully saturated rings. The average molecular weight is 473 g/mol. The van der Waals surface area contributed by atoms with Gasteiger partial charge in [0.25, 0.3) is 0 Å². The van der Waals surface area contributed by atoms with Crippen LogP contribution in [0.2, 0.25) is 0 Å². The van der Waals surface area contributed by atoms with E-state index in [4.69, 9.17) is 9.47 Å². The Morgan fingerprint density at radius 3 is 2.33 bits per heavy atom. The first-order valence-corrected chi connectivity index (χ1v) is 12.2. The zero-order valence-corrected chi connectivity index (χ0v) is 21.1. The molecule has 0 radical (unpaired) electrons. The van der Waals surface area contributed by atoms with Crippen molar-refractivity contribution in [2.75, 3.05) is 20.8 Å². The van der Waals surface area contributed by atoms with Crippen LogP contribution in [-0.4, -0.2) is 50.3 Å². The molecule has 3 aromatic rings. The number of methoxy groups -OCH3 is 2. The Morgan fingerprint density at radius 2 is 1.73 bits per heavy atom. The smallest absolute Gasteiger partial charge is 0.409 e. The summed E-state index contributed by atoms with van der Waals surface area (Å²) in [5, 5.41) is 0.859. The second-order valence-electron chi connectivity index (χ2n) is 9.03. The fraction of sp³-hybridized carbons (Fsp3) is 0.400. The summed E-state index contributed by atoms with van der Waals surface area (Å²) in [6.45, 7) is 8.32. The summed E-state index contributed by atoms with van der Waals surface area (Å²) in [5.41, 5.74) is 2.56. The summed E-state index contributed by atoms with van der Waals surface area (Å²) < 4.78 is 38.9. The third-order valence-corrected chi connectivity index (χ3v) is 7.80. The van der Waals surface area contributed by atoms with Crippen LogP contribution in [0.5, 0.6) is 5.75 Å². The Balaban J connectivity index is 2.06. The molecule has 1 aromatic heterocycles. The number of carbonyl (C=O) groups excluding carboxylic acids is 1. The molecule has 178 valence electrons. The van der Waals surface area contributed by atoms with Gasteiger partial charge in [-0.15, -0.1) is 0 Å². The number of sulfone groups is 1. The topological polar surface area (TPSA) is 77.8 Å². The Hall–Kier alpha value is -3.00. The van der Waals surface area contributed by atoms with Crippen molar-refractivity contribution in [1.82, 2.24) is 9.47 Å². The Kier molecular flexibility index (Phi) is 6.79. The third-order valence-electron chi connectivity index (χ3n) is 6.05. The lowest BCUT2D eigenvalue weighted by Crippen LogP contribution is -2.46. The van der Waals surface area contributed by atoms with Crippen LogP contribution in [0.1, 0.15) is 32.0 Å². The number of amides is 1. The molecule has 0 aliphatic carbocycles. The standard InChI is InChI=1S/C25H32N2O5S/c1-17-21(13-14-27(24(28)32-7)25(2,3)4)22-16-20(11-12-23(22)26(17)5)33(29,30)19-10-8-9-18(15-19)31-6/h8-12,15-16H,13-14H2,1-7H3. The SMILES string of the molecule is COC(=O)N(CCc1c(C)n(C)c2ccc(S(=O)(=O)c3cccc(OC)c3)cc12)C(C)(C)C. The summed E-state index contributed by atoms with van der Waals surface area (Å²) in [4.78, 5) is 14.4. The summed E-state index contributed by atoms with van der Waals surface area (Å²) in [6, 6.07) is 11.7. The molecule has 8 heteroatoms. The van der Waals surface area contributed by atoms with Crippen molar-refractivity contribution in [2.45, 2.75) is 49.4 Å². The van der Waals surface area contributed by atoms with Gasteiger partial charge < -0.3 is 18.9 Å². The molecule has 0 saturated heterocycles. The Bertz CT molecular complexity index is 1290. The molecule has 0 atom stereocenters. The highest BCUT2D eigenvalue weighted by Gasteiger charge is 2.28. The molecule has 0 saturated carbocycles. The molecule has 3 rings (SSSR count). The number of nitrogens with zero attached hydrogens (tertiary/aromatic N) is 2. The number of ether oxygens (including phenoxy) is 2. The van der Waals surface area contributed by atoms with Gasteiger partial charge in [0, 0.05) is 35.7 Å². The van der Waals surface area contributed by atoms with Gasteiger partial charge in [0.1, 0.15) is 5.75 Å². The van der Waals surface area contributed by atoms with E-state index in [2.05, 4.69) is 0 Å². The zero-order chi connectivity index (χ0) is 24.6. The number of aromatic nitrogens is 1. The molecular weight excluding hydrogens is 440 g/mol. The normalized spacial score (nSPS) is 12.1. The van der Waals surface area contributed by atoms with Crippen molar-refractivity contribution in [1.29, 1.82) is 0 Å². The van der Waals surface area contributed by atoms with Crippen molar-refractivity contribution in [2.24, 2.45) is 7.05 Å². The van der Waals surface area contributed by atoms with Gasteiger partial charge in [0.2, 0.25) is 9.84 Å². The Morgan fingerprint density at radius 1 is 1.06 bits per heavy atom. The molecule has 0 N–H and O–H groups in total. The number of hydrogen-bond acceptors (Lipinski definition) is 5. The van der Waals surface area contributed by atoms with Gasteiger partial charge in [-0.3, -0.25) is 0 Å². The highest BCUT2D eigenvalue weighted by atomic mass is 32.2. The lowest BCUT2D eigenvalue weighted by molar-refractivity contribution is 0.0844. The number of rotatable bonds is 6. The second kappa shape index (κ2) is 9.09. The number of carbonyl (C=O) groups is 1. The van der Waals surface area contributed by atoms with Gasteiger partial charge in [-0.2, -0.15) is 0 Å². The summed E-state index contributed by atoms with van der Waals surface area (Å²) in [7, 11) is 1.11. The molecule has 0 spiro atoms. The van der Waals surface area contributed by atoms with E-state index < -0.39 is 15.4 Å². The maximum Gasteiger partial charge on any atom is 0.409 e. The fourth-order valence-electron chi connectivity index (χ4n) is 4.05. The average Bonchev–Trinajstić information content (AvgIpc) is 3.02. The molecule has 0 unspecified atom stereocenters. The first-order chi connectivity index (χ1) is 15.4. The monoisotopic (exact) mass is 472 g/mol. The van der Waals surface area contributed by atoms with Crippen LogP contribution in [0.3, 0.4) is 0 Å². The van der Waals surface area contributed by atoms with Crippen molar-refractivity contribution in [3.63, 3.8) is 0 Å². The summed E-state index contributed by atoms with van der Waals surface area (Å²) in [6.07, 6.45) is 0.180. The number of hydrogen-bond donors (Lipinski definition) is 0. The van der Waals surface area contributed by atoms with Gasteiger partial charge in [0.05, 0.1) is 24.0 Å². The van der Waals surface area contributed by atoms with Gasteiger partial charge in [-0.05, 0) is 76.1 Å². The third kappa shape index (κ3) is 4.71. The van der Waals surface area contributed by atoms with Crippen LogP contribution >= 0.6 is 0 Å². The van der Waals surface area contributed by atoms with Crippen LogP contribution in [0.25, 0.3) is 10.9 Å². The molecule has 0 bridgehead atoms. The number of aryl methyl sites for hydroxylation is 1. The molecule has 1 amide bonds. The minimum absolute atomic E-state index is 0.181. The van der Waals surface area contributed by atoms with Crippen LogP contribution in [0, 0.1) is 6.92 Å². The van der Waals surface area contributed by atoms with Crippen LogP contribution in [0.4, 0.5) is 4.79 Å². The predicted octanol–water partition coefficient (Wildman–Crippen LogP) is 4.74. The van der Waals surface area contributed by atoms with E-state index in [1.54, 1.807) is 35.2 Å². The van der Waals surface area contributed by atoms with Crippen molar-refractivity contribution in [3.05, 3.63) is 53.7 Å². The second-order valence-corrected chi connectivity index (χ2v) is 11.0. The maximum atomic E-state index is 13.3. The first kappa shape index (κ1) is 24.6. The molecular formula is C25H32N2O5S. The molecule has 1 heterocycles. The Labute approximate surface area is 195 Å². The largest absolute Gasteiger partial charge is 0.497 e. The van der Waals surface area contributed by atoms with Crippen molar-refractivity contribution in [3.8, 4) is 5.75 Å². The minimum atomic E-state index is -3.73. The molecule has 0 aliphatic rings. The summed E-state index contributed by atoms with van der Waals surface area (Å²) in [5.74, 6) is 0.485. The quantitative estimate of drug-likeness (QED) is 0.518.